The molecule has 0 aliphatic heterocycles. The predicted octanol–water partition coefficient (Wildman–Crippen LogP) is 1.26. The van der Waals surface area contributed by atoms with Crippen LogP contribution in [0, 0.1) is 0 Å². The zero-order valence-electron chi connectivity index (χ0n) is 13.7. The van der Waals surface area contributed by atoms with Gasteiger partial charge in [-0.2, -0.15) is 0 Å². The second kappa shape index (κ2) is 7.91. The van der Waals surface area contributed by atoms with Crippen molar-refractivity contribution in [3.05, 3.63) is 59.7 Å². The summed E-state index contributed by atoms with van der Waals surface area (Å²) in [5.41, 5.74) is 1.87. The van der Waals surface area contributed by atoms with E-state index in [0.717, 1.165) is 5.56 Å². The average molecular weight is 361 g/mol. The monoisotopic (exact) mass is 361 g/mol. The number of hydrogen-bond acceptors (Lipinski definition) is 4. The van der Waals surface area contributed by atoms with Gasteiger partial charge < -0.3 is 10.6 Å². The van der Waals surface area contributed by atoms with Crippen LogP contribution in [0.4, 0.5) is 5.69 Å². The maximum atomic E-state index is 12.1. The Kier molecular flexibility index (Phi) is 5.89. The lowest BCUT2D eigenvalue weighted by atomic mass is 10.1. The minimum atomic E-state index is -3.70. The molecule has 2 rings (SSSR count). The topological polar surface area (TPSA) is 118 Å². The molecule has 0 bridgehead atoms. The number of carbonyl (C=O) groups excluding carboxylic acids is 2. The summed E-state index contributed by atoms with van der Waals surface area (Å²) in [4.78, 5) is 23.2. The van der Waals surface area contributed by atoms with Gasteiger partial charge in [0.25, 0.3) is 5.91 Å². The number of benzene rings is 2. The lowest BCUT2D eigenvalue weighted by molar-refractivity contribution is -0.114. The number of hydrogen-bond donors (Lipinski definition) is 3. The van der Waals surface area contributed by atoms with E-state index in [9.17, 15) is 18.0 Å². The minimum Gasteiger partial charge on any atom is -0.352 e. The summed E-state index contributed by atoms with van der Waals surface area (Å²) >= 11 is 0. The highest BCUT2D eigenvalue weighted by Gasteiger charge is 2.08. The molecule has 0 atom stereocenters. The zero-order valence-corrected chi connectivity index (χ0v) is 14.5. The first-order chi connectivity index (χ1) is 11.8. The number of anilines is 1. The standard InChI is InChI=1S/C17H19N3O4S/c1-12(21)20-15-4-2-3-14(11-15)17(22)19-10-9-13-5-7-16(8-6-13)25(18,23)24/h2-8,11H,9-10H2,1H3,(H,19,22)(H,20,21)(H2,18,23,24). The molecule has 2 aromatic rings. The highest BCUT2D eigenvalue weighted by molar-refractivity contribution is 7.89. The highest BCUT2D eigenvalue weighted by Crippen LogP contribution is 2.11. The van der Waals surface area contributed by atoms with Crippen molar-refractivity contribution in [1.29, 1.82) is 0 Å². The molecule has 0 aliphatic rings. The fraction of sp³-hybridized carbons (Fsp3) is 0.176. The SMILES string of the molecule is CC(=O)Nc1cccc(C(=O)NCCc2ccc(S(N)(=O)=O)cc2)c1. The van der Waals surface area contributed by atoms with E-state index in [4.69, 9.17) is 5.14 Å². The Hall–Kier alpha value is -2.71. The summed E-state index contributed by atoms with van der Waals surface area (Å²) in [6.07, 6.45) is 0.544. The molecule has 2 amide bonds. The summed E-state index contributed by atoms with van der Waals surface area (Å²) in [7, 11) is -3.70. The van der Waals surface area contributed by atoms with Gasteiger partial charge >= 0.3 is 0 Å². The van der Waals surface area contributed by atoms with Gasteiger partial charge in [-0.25, -0.2) is 13.6 Å². The van der Waals surface area contributed by atoms with Crippen molar-refractivity contribution in [2.75, 3.05) is 11.9 Å². The Bertz CT molecular complexity index is 877. The minimum absolute atomic E-state index is 0.0510. The maximum Gasteiger partial charge on any atom is 0.251 e. The predicted molar refractivity (Wildman–Crippen MR) is 94.6 cm³/mol. The van der Waals surface area contributed by atoms with Crippen molar-refractivity contribution >= 4 is 27.5 Å². The number of primary sulfonamides is 1. The van der Waals surface area contributed by atoms with E-state index >= 15 is 0 Å². The fourth-order valence-corrected chi connectivity index (χ4v) is 2.73. The van der Waals surface area contributed by atoms with Crippen LogP contribution >= 0.6 is 0 Å². The third-order valence-electron chi connectivity index (χ3n) is 3.40. The highest BCUT2D eigenvalue weighted by atomic mass is 32.2. The lowest BCUT2D eigenvalue weighted by Crippen LogP contribution is -2.25. The van der Waals surface area contributed by atoms with Gasteiger partial charge in [0.15, 0.2) is 0 Å². The molecule has 0 spiro atoms. The van der Waals surface area contributed by atoms with Crippen molar-refractivity contribution in [2.45, 2.75) is 18.2 Å². The molecule has 0 aromatic heterocycles. The smallest absolute Gasteiger partial charge is 0.251 e. The third-order valence-corrected chi connectivity index (χ3v) is 4.33. The van der Waals surface area contributed by atoms with E-state index in [2.05, 4.69) is 10.6 Å². The van der Waals surface area contributed by atoms with Crippen LogP contribution in [-0.4, -0.2) is 26.8 Å². The summed E-state index contributed by atoms with van der Waals surface area (Å²) in [6.45, 7) is 1.78. The van der Waals surface area contributed by atoms with E-state index in [1.54, 1.807) is 36.4 Å². The molecular formula is C17H19N3O4S. The van der Waals surface area contributed by atoms with Crippen molar-refractivity contribution in [1.82, 2.24) is 5.32 Å². The fourth-order valence-electron chi connectivity index (χ4n) is 2.21. The second-order valence-electron chi connectivity index (χ2n) is 5.46. The van der Waals surface area contributed by atoms with Crippen molar-refractivity contribution < 1.29 is 18.0 Å². The number of carbonyl (C=O) groups is 2. The van der Waals surface area contributed by atoms with Crippen LogP contribution in [0.1, 0.15) is 22.8 Å². The van der Waals surface area contributed by atoms with E-state index in [1.807, 2.05) is 0 Å². The molecule has 0 unspecified atom stereocenters. The van der Waals surface area contributed by atoms with Crippen LogP contribution in [0.5, 0.6) is 0 Å². The molecule has 7 nitrogen and oxygen atoms in total. The van der Waals surface area contributed by atoms with Gasteiger partial charge in [0, 0.05) is 24.7 Å². The second-order valence-corrected chi connectivity index (χ2v) is 7.02. The normalized spacial score (nSPS) is 11.0. The maximum absolute atomic E-state index is 12.1. The Morgan fingerprint density at radius 2 is 1.76 bits per heavy atom. The molecule has 2 aromatic carbocycles. The third kappa shape index (κ3) is 5.70. The van der Waals surface area contributed by atoms with Crippen molar-refractivity contribution in [2.24, 2.45) is 5.14 Å². The van der Waals surface area contributed by atoms with E-state index in [-0.39, 0.29) is 16.7 Å². The molecule has 0 heterocycles. The molecule has 4 N–H and O–H groups in total. The summed E-state index contributed by atoms with van der Waals surface area (Å²) in [6, 6.07) is 12.8. The van der Waals surface area contributed by atoms with Gasteiger partial charge in [-0.15, -0.1) is 0 Å². The number of nitrogens with two attached hydrogens (primary N) is 1. The first-order valence-corrected chi connectivity index (χ1v) is 9.08. The Morgan fingerprint density at radius 3 is 2.36 bits per heavy atom. The summed E-state index contributed by atoms with van der Waals surface area (Å²) < 4.78 is 22.4. The lowest BCUT2D eigenvalue weighted by Gasteiger charge is -2.08. The quantitative estimate of drug-likeness (QED) is 0.718. The van der Waals surface area contributed by atoms with Crippen molar-refractivity contribution in [3.8, 4) is 0 Å². The van der Waals surface area contributed by atoms with Gasteiger partial charge in [0.05, 0.1) is 4.90 Å². The Labute approximate surface area is 146 Å². The van der Waals surface area contributed by atoms with Crippen LogP contribution in [0.3, 0.4) is 0 Å². The molecular weight excluding hydrogens is 342 g/mol. The van der Waals surface area contributed by atoms with E-state index in [1.165, 1.54) is 19.1 Å². The number of sulfonamides is 1. The summed E-state index contributed by atoms with van der Waals surface area (Å²) in [5.74, 6) is -0.464. The van der Waals surface area contributed by atoms with Gasteiger partial charge in [0.1, 0.15) is 0 Å². The van der Waals surface area contributed by atoms with E-state index in [0.29, 0.717) is 24.2 Å². The average Bonchev–Trinajstić information content (AvgIpc) is 2.54. The largest absolute Gasteiger partial charge is 0.352 e. The van der Waals surface area contributed by atoms with Crippen molar-refractivity contribution in [3.63, 3.8) is 0 Å². The van der Waals surface area contributed by atoms with Gasteiger partial charge in [-0.1, -0.05) is 18.2 Å². The molecule has 0 aliphatic carbocycles. The molecule has 0 saturated heterocycles. The first kappa shape index (κ1) is 18.6. The molecule has 0 saturated carbocycles. The van der Waals surface area contributed by atoms with Crippen LogP contribution in [0.15, 0.2) is 53.4 Å². The van der Waals surface area contributed by atoms with Gasteiger partial charge in [0.2, 0.25) is 15.9 Å². The number of rotatable bonds is 6. The van der Waals surface area contributed by atoms with Gasteiger partial charge in [-0.05, 0) is 42.3 Å². The molecule has 0 radical (unpaired) electrons. The Morgan fingerprint density at radius 1 is 1.08 bits per heavy atom. The molecule has 132 valence electrons. The molecule has 25 heavy (non-hydrogen) atoms. The first-order valence-electron chi connectivity index (χ1n) is 7.53. The molecule has 0 fully saturated rings. The number of amides is 2. The molecule has 8 heteroatoms. The van der Waals surface area contributed by atoms with Gasteiger partial charge in [-0.3, -0.25) is 9.59 Å². The summed E-state index contributed by atoms with van der Waals surface area (Å²) in [5, 5.41) is 10.4. The van der Waals surface area contributed by atoms with E-state index < -0.39 is 10.0 Å². The number of nitrogens with one attached hydrogen (secondary N) is 2. The van der Waals surface area contributed by atoms with Crippen LogP contribution in [0.2, 0.25) is 0 Å². The van der Waals surface area contributed by atoms with Crippen LogP contribution < -0.4 is 15.8 Å². The van der Waals surface area contributed by atoms with Crippen LogP contribution in [-0.2, 0) is 21.2 Å². The zero-order chi connectivity index (χ0) is 18.4. The van der Waals surface area contributed by atoms with Crippen LogP contribution in [0.25, 0.3) is 0 Å². The Balaban J connectivity index is 1.91.